The highest BCUT2D eigenvalue weighted by molar-refractivity contribution is 6.32. The third-order valence-electron chi connectivity index (χ3n) is 5.34. The van der Waals surface area contributed by atoms with Crippen LogP contribution in [0.4, 0.5) is 33.3 Å². The molecular formula is C23H16ClF5N2O2. The van der Waals surface area contributed by atoms with Crippen molar-refractivity contribution in [2.75, 3.05) is 17.7 Å². The number of carbonyl (C=O) groups is 1. The number of benzene rings is 3. The van der Waals surface area contributed by atoms with Crippen molar-refractivity contribution < 1.29 is 31.5 Å². The SMILES string of the molecule is Nc1ccc(NC(=O)c2cc(Cl)c(C(F)(F)F)cc2C2CCOc3cc(F)ccc32)cc1F. The number of hydrogen-bond donors (Lipinski definition) is 2. The van der Waals surface area contributed by atoms with Gasteiger partial charge in [-0.25, -0.2) is 8.78 Å². The average Bonchev–Trinajstić information content (AvgIpc) is 2.74. The van der Waals surface area contributed by atoms with Gasteiger partial charge in [0.2, 0.25) is 0 Å². The lowest BCUT2D eigenvalue weighted by molar-refractivity contribution is -0.137. The predicted molar refractivity (Wildman–Crippen MR) is 114 cm³/mol. The Kier molecular flexibility index (Phi) is 5.92. The Balaban J connectivity index is 1.83. The van der Waals surface area contributed by atoms with E-state index in [2.05, 4.69) is 5.32 Å². The molecule has 3 N–H and O–H groups in total. The lowest BCUT2D eigenvalue weighted by atomic mass is 9.83. The first kappa shape index (κ1) is 22.8. The third kappa shape index (κ3) is 4.59. The molecule has 0 saturated heterocycles. The van der Waals surface area contributed by atoms with Crippen LogP contribution in [0, 0.1) is 11.6 Å². The van der Waals surface area contributed by atoms with Crippen molar-refractivity contribution >= 4 is 28.9 Å². The molecule has 3 aromatic carbocycles. The Morgan fingerprint density at radius 2 is 1.82 bits per heavy atom. The van der Waals surface area contributed by atoms with Crippen LogP contribution in [-0.2, 0) is 6.18 Å². The smallest absolute Gasteiger partial charge is 0.417 e. The van der Waals surface area contributed by atoms with Gasteiger partial charge in [0.15, 0.2) is 0 Å². The zero-order valence-corrected chi connectivity index (χ0v) is 17.5. The Labute approximate surface area is 190 Å². The molecule has 0 radical (unpaired) electrons. The number of fused-ring (bicyclic) bond motifs is 1. The van der Waals surface area contributed by atoms with E-state index in [-0.39, 0.29) is 41.3 Å². The minimum absolute atomic E-state index is 0.0382. The van der Waals surface area contributed by atoms with Crippen LogP contribution in [-0.4, -0.2) is 12.5 Å². The van der Waals surface area contributed by atoms with E-state index in [9.17, 15) is 26.7 Å². The number of nitrogens with one attached hydrogen (secondary N) is 1. The summed E-state index contributed by atoms with van der Waals surface area (Å²) in [6, 6.07) is 9.06. The monoisotopic (exact) mass is 482 g/mol. The summed E-state index contributed by atoms with van der Waals surface area (Å²) in [5.74, 6) is -2.64. The number of nitrogen functional groups attached to an aromatic ring is 1. The first-order valence-corrected chi connectivity index (χ1v) is 10.1. The van der Waals surface area contributed by atoms with Gasteiger partial charge >= 0.3 is 6.18 Å². The summed E-state index contributed by atoms with van der Waals surface area (Å²) >= 11 is 5.89. The Bertz CT molecular complexity index is 1250. The number of ether oxygens (including phenoxy) is 1. The van der Waals surface area contributed by atoms with Crippen molar-refractivity contribution in [2.45, 2.75) is 18.5 Å². The minimum Gasteiger partial charge on any atom is -0.493 e. The molecule has 172 valence electrons. The highest BCUT2D eigenvalue weighted by atomic mass is 35.5. The third-order valence-corrected chi connectivity index (χ3v) is 5.65. The molecule has 0 spiro atoms. The van der Waals surface area contributed by atoms with E-state index in [1.807, 2.05) is 0 Å². The molecule has 33 heavy (non-hydrogen) atoms. The fraction of sp³-hybridized carbons (Fsp3) is 0.174. The van der Waals surface area contributed by atoms with Crippen LogP contribution in [0.15, 0.2) is 48.5 Å². The second-order valence-corrected chi connectivity index (χ2v) is 7.89. The molecule has 0 fully saturated rings. The average molecular weight is 483 g/mol. The van der Waals surface area contributed by atoms with Gasteiger partial charge in [-0.05, 0) is 48.4 Å². The van der Waals surface area contributed by atoms with Gasteiger partial charge in [0.25, 0.3) is 5.91 Å². The lowest BCUT2D eigenvalue weighted by Crippen LogP contribution is -2.22. The van der Waals surface area contributed by atoms with E-state index in [1.165, 1.54) is 18.2 Å². The van der Waals surface area contributed by atoms with Crippen LogP contribution in [0.2, 0.25) is 5.02 Å². The molecule has 10 heteroatoms. The van der Waals surface area contributed by atoms with Gasteiger partial charge in [-0.1, -0.05) is 17.7 Å². The lowest BCUT2D eigenvalue weighted by Gasteiger charge is -2.28. The molecule has 0 aliphatic carbocycles. The van der Waals surface area contributed by atoms with Crippen LogP contribution < -0.4 is 15.8 Å². The maximum Gasteiger partial charge on any atom is 0.417 e. The molecule has 1 atom stereocenters. The first-order valence-electron chi connectivity index (χ1n) is 9.74. The van der Waals surface area contributed by atoms with E-state index in [0.29, 0.717) is 5.56 Å². The van der Waals surface area contributed by atoms with Crippen molar-refractivity contribution in [2.24, 2.45) is 0 Å². The molecule has 0 bridgehead atoms. The van der Waals surface area contributed by atoms with E-state index in [0.717, 1.165) is 30.3 Å². The topological polar surface area (TPSA) is 64.3 Å². The Hall–Kier alpha value is -3.33. The highest BCUT2D eigenvalue weighted by Gasteiger charge is 2.37. The molecule has 4 nitrogen and oxygen atoms in total. The summed E-state index contributed by atoms with van der Waals surface area (Å²) < 4.78 is 73.7. The summed E-state index contributed by atoms with van der Waals surface area (Å²) in [7, 11) is 0. The highest BCUT2D eigenvalue weighted by Crippen LogP contribution is 2.44. The summed E-state index contributed by atoms with van der Waals surface area (Å²) in [4.78, 5) is 13.1. The molecule has 0 aromatic heterocycles. The number of halogens is 6. The van der Waals surface area contributed by atoms with Gasteiger partial charge in [-0.15, -0.1) is 0 Å². The number of nitrogens with two attached hydrogens (primary N) is 1. The van der Waals surface area contributed by atoms with E-state index < -0.39 is 40.2 Å². The van der Waals surface area contributed by atoms with Crippen LogP contribution in [0.3, 0.4) is 0 Å². The van der Waals surface area contributed by atoms with Crippen LogP contribution in [0.1, 0.15) is 39.4 Å². The van der Waals surface area contributed by atoms with E-state index >= 15 is 0 Å². The molecule has 1 unspecified atom stereocenters. The number of hydrogen-bond acceptors (Lipinski definition) is 3. The molecule has 1 heterocycles. The quantitative estimate of drug-likeness (QED) is 0.336. The summed E-state index contributed by atoms with van der Waals surface area (Å²) in [5, 5.41) is 1.80. The normalized spacial score (nSPS) is 15.5. The number of alkyl halides is 3. The van der Waals surface area contributed by atoms with E-state index in [1.54, 1.807) is 0 Å². The van der Waals surface area contributed by atoms with E-state index in [4.69, 9.17) is 22.1 Å². The fourth-order valence-corrected chi connectivity index (χ4v) is 4.05. The Morgan fingerprint density at radius 3 is 2.52 bits per heavy atom. The van der Waals surface area contributed by atoms with Crippen molar-refractivity contribution in [3.05, 3.63) is 87.4 Å². The molecule has 3 aromatic rings. The molecule has 0 saturated carbocycles. The number of anilines is 2. The second kappa shape index (κ2) is 8.55. The van der Waals surface area contributed by atoms with Crippen LogP contribution in [0.25, 0.3) is 0 Å². The largest absolute Gasteiger partial charge is 0.493 e. The van der Waals surface area contributed by atoms with Crippen LogP contribution in [0.5, 0.6) is 5.75 Å². The van der Waals surface area contributed by atoms with Gasteiger partial charge in [0.05, 0.1) is 22.9 Å². The molecule has 4 rings (SSSR count). The van der Waals surface area contributed by atoms with Crippen molar-refractivity contribution in [3.8, 4) is 5.75 Å². The zero-order chi connectivity index (χ0) is 23.9. The summed E-state index contributed by atoms with van der Waals surface area (Å²) in [6.07, 6.45) is -4.52. The van der Waals surface area contributed by atoms with Gasteiger partial charge in [-0.2, -0.15) is 13.2 Å². The first-order chi connectivity index (χ1) is 15.5. The molecular weight excluding hydrogens is 467 g/mol. The molecule has 1 aliphatic heterocycles. The van der Waals surface area contributed by atoms with Gasteiger partial charge in [0.1, 0.15) is 17.4 Å². The second-order valence-electron chi connectivity index (χ2n) is 7.48. The fourth-order valence-electron chi connectivity index (χ4n) is 3.78. The van der Waals surface area contributed by atoms with Crippen molar-refractivity contribution in [1.29, 1.82) is 0 Å². The number of carbonyl (C=O) groups excluding carboxylic acids is 1. The molecule has 1 aliphatic rings. The van der Waals surface area contributed by atoms with Crippen molar-refractivity contribution in [3.63, 3.8) is 0 Å². The number of amides is 1. The van der Waals surface area contributed by atoms with Gasteiger partial charge in [-0.3, -0.25) is 4.79 Å². The Morgan fingerprint density at radius 1 is 1.06 bits per heavy atom. The van der Waals surface area contributed by atoms with Gasteiger partial charge < -0.3 is 15.8 Å². The number of rotatable bonds is 3. The maximum absolute atomic E-state index is 13.8. The predicted octanol–water partition coefficient (Wildman–Crippen LogP) is 6.39. The standard InChI is InChI=1S/C23H16ClF5N2O2/c24-18-10-16(22(32)31-12-2-4-20(30)19(26)8-12)15(9-17(18)23(27,28)29)13-5-6-33-21-7-11(25)1-3-14(13)21/h1-4,7-10,13H,5-6,30H2,(H,31,32). The minimum atomic E-state index is -4.77. The van der Waals surface area contributed by atoms with Crippen molar-refractivity contribution in [1.82, 2.24) is 0 Å². The summed E-state index contributed by atoms with van der Waals surface area (Å²) in [6.45, 7) is 0.106. The molecule has 1 amide bonds. The maximum atomic E-state index is 13.8. The van der Waals surface area contributed by atoms with Gasteiger partial charge in [0, 0.05) is 28.8 Å². The summed E-state index contributed by atoms with van der Waals surface area (Å²) in [5.41, 5.74) is 4.60. The zero-order valence-electron chi connectivity index (χ0n) is 16.8. The van der Waals surface area contributed by atoms with Crippen LogP contribution >= 0.6 is 11.6 Å².